The molecule has 0 aliphatic heterocycles. The Kier molecular flexibility index (Phi) is 4.38. The number of hydrogen-bond donors (Lipinski definition) is 1. The number of halogens is 1. The van der Waals surface area contributed by atoms with Crippen molar-refractivity contribution >= 4 is 17.4 Å². The van der Waals surface area contributed by atoms with Crippen molar-refractivity contribution in [3.63, 3.8) is 0 Å². The maximum Gasteiger partial charge on any atom is 0.163 e. The van der Waals surface area contributed by atoms with Gasteiger partial charge in [0.25, 0.3) is 0 Å². The number of benzene rings is 1. The number of nitrogens with one attached hydrogen (secondary N) is 1. The van der Waals surface area contributed by atoms with Crippen LogP contribution in [0.3, 0.4) is 0 Å². The monoisotopic (exact) mass is 275 g/mol. The summed E-state index contributed by atoms with van der Waals surface area (Å²) in [6.45, 7) is 7.06. The summed E-state index contributed by atoms with van der Waals surface area (Å²) in [5, 5.41) is 4.01. The van der Waals surface area contributed by atoms with E-state index in [-0.39, 0.29) is 0 Å². The van der Waals surface area contributed by atoms with Crippen molar-refractivity contribution in [1.82, 2.24) is 9.97 Å². The number of aromatic nitrogens is 2. The number of rotatable bonds is 4. The Morgan fingerprint density at radius 1 is 1.16 bits per heavy atom. The van der Waals surface area contributed by atoms with E-state index in [4.69, 9.17) is 11.6 Å². The van der Waals surface area contributed by atoms with Gasteiger partial charge in [-0.1, -0.05) is 30.7 Å². The predicted molar refractivity (Wildman–Crippen MR) is 80.7 cm³/mol. The van der Waals surface area contributed by atoms with Crippen LogP contribution in [0.25, 0.3) is 11.4 Å². The summed E-state index contributed by atoms with van der Waals surface area (Å²) < 4.78 is 0. The minimum absolute atomic E-state index is 0.673. The number of nitrogens with zero attached hydrogens (tertiary/aromatic N) is 2. The number of anilines is 1. The van der Waals surface area contributed by atoms with Gasteiger partial charge in [0.15, 0.2) is 5.82 Å². The zero-order valence-corrected chi connectivity index (χ0v) is 12.3. The lowest BCUT2D eigenvalue weighted by atomic mass is 10.2. The zero-order valence-electron chi connectivity index (χ0n) is 11.5. The van der Waals surface area contributed by atoms with Crippen LogP contribution in [0.5, 0.6) is 0 Å². The van der Waals surface area contributed by atoms with E-state index >= 15 is 0 Å². The van der Waals surface area contributed by atoms with Gasteiger partial charge in [-0.15, -0.1) is 0 Å². The van der Waals surface area contributed by atoms with E-state index in [2.05, 4.69) is 22.2 Å². The third-order valence-electron chi connectivity index (χ3n) is 3.05. The second kappa shape index (κ2) is 6.02. The Hall–Kier alpha value is -1.61. The van der Waals surface area contributed by atoms with Crippen LogP contribution >= 0.6 is 11.6 Å². The van der Waals surface area contributed by atoms with E-state index in [0.29, 0.717) is 10.8 Å². The van der Waals surface area contributed by atoms with Crippen molar-refractivity contribution in [2.24, 2.45) is 0 Å². The summed E-state index contributed by atoms with van der Waals surface area (Å²) in [6, 6.07) is 7.65. The van der Waals surface area contributed by atoms with Crippen molar-refractivity contribution in [3.8, 4) is 11.4 Å². The quantitative estimate of drug-likeness (QED) is 0.907. The van der Waals surface area contributed by atoms with Crippen molar-refractivity contribution < 1.29 is 0 Å². The maximum atomic E-state index is 6.21. The van der Waals surface area contributed by atoms with Gasteiger partial charge in [0.2, 0.25) is 0 Å². The SMILES string of the molecule is CCCNc1nc(-c2ccccc2Cl)nc(C)c1C. The fourth-order valence-electron chi connectivity index (χ4n) is 1.81. The summed E-state index contributed by atoms with van der Waals surface area (Å²) in [4.78, 5) is 9.13. The highest BCUT2D eigenvalue weighted by Gasteiger charge is 2.11. The highest BCUT2D eigenvalue weighted by molar-refractivity contribution is 6.33. The summed E-state index contributed by atoms with van der Waals surface area (Å²) in [6.07, 6.45) is 1.06. The van der Waals surface area contributed by atoms with Gasteiger partial charge in [0.1, 0.15) is 5.82 Å². The van der Waals surface area contributed by atoms with Gasteiger partial charge in [0, 0.05) is 23.4 Å². The van der Waals surface area contributed by atoms with Gasteiger partial charge in [-0.2, -0.15) is 0 Å². The first kappa shape index (κ1) is 13.8. The van der Waals surface area contributed by atoms with E-state index in [1.165, 1.54) is 0 Å². The molecule has 0 aliphatic carbocycles. The van der Waals surface area contributed by atoms with Crippen LogP contribution in [0.15, 0.2) is 24.3 Å². The molecule has 0 bridgehead atoms. The van der Waals surface area contributed by atoms with Crippen molar-refractivity contribution in [2.75, 3.05) is 11.9 Å². The third kappa shape index (κ3) is 3.04. The highest BCUT2D eigenvalue weighted by atomic mass is 35.5. The predicted octanol–water partition coefficient (Wildman–Crippen LogP) is 4.24. The molecule has 1 aromatic heterocycles. The van der Waals surface area contributed by atoms with Crippen LogP contribution in [-0.4, -0.2) is 16.5 Å². The van der Waals surface area contributed by atoms with Crippen LogP contribution in [0, 0.1) is 13.8 Å². The smallest absolute Gasteiger partial charge is 0.163 e. The van der Waals surface area contributed by atoms with Crippen LogP contribution in [-0.2, 0) is 0 Å². The Labute approximate surface area is 119 Å². The molecule has 1 aromatic carbocycles. The summed E-state index contributed by atoms with van der Waals surface area (Å²) >= 11 is 6.21. The molecule has 2 rings (SSSR count). The average Bonchev–Trinajstić information content (AvgIpc) is 2.41. The molecule has 0 spiro atoms. The first-order valence-corrected chi connectivity index (χ1v) is 6.85. The van der Waals surface area contributed by atoms with Gasteiger partial charge in [-0.25, -0.2) is 9.97 Å². The largest absolute Gasteiger partial charge is 0.370 e. The topological polar surface area (TPSA) is 37.8 Å². The molecule has 19 heavy (non-hydrogen) atoms. The molecule has 0 amide bonds. The van der Waals surface area contributed by atoms with Gasteiger partial charge in [-0.05, 0) is 32.4 Å². The zero-order chi connectivity index (χ0) is 13.8. The molecular formula is C15H18ClN3. The molecule has 0 atom stereocenters. The summed E-state index contributed by atoms with van der Waals surface area (Å²) in [5.41, 5.74) is 2.93. The summed E-state index contributed by atoms with van der Waals surface area (Å²) in [5.74, 6) is 1.57. The lowest BCUT2D eigenvalue weighted by Crippen LogP contribution is -2.07. The van der Waals surface area contributed by atoms with Crippen LogP contribution in [0.4, 0.5) is 5.82 Å². The van der Waals surface area contributed by atoms with E-state index in [0.717, 1.165) is 35.6 Å². The molecule has 4 heteroatoms. The third-order valence-corrected chi connectivity index (χ3v) is 3.38. The van der Waals surface area contributed by atoms with Crippen LogP contribution < -0.4 is 5.32 Å². The van der Waals surface area contributed by atoms with Gasteiger partial charge >= 0.3 is 0 Å². The molecule has 1 heterocycles. The van der Waals surface area contributed by atoms with E-state index in [1.54, 1.807) is 0 Å². The Balaban J connectivity index is 2.47. The lowest BCUT2D eigenvalue weighted by molar-refractivity contribution is 0.955. The second-order valence-corrected chi connectivity index (χ2v) is 4.92. The average molecular weight is 276 g/mol. The van der Waals surface area contributed by atoms with E-state index in [9.17, 15) is 0 Å². The Bertz CT molecular complexity index is 582. The first-order valence-electron chi connectivity index (χ1n) is 6.47. The fourth-order valence-corrected chi connectivity index (χ4v) is 2.03. The molecule has 0 aliphatic rings. The van der Waals surface area contributed by atoms with E-state index in [1.807, 2.05) is 38.1 Å². The molecule has 0 saturated heterocycles. The molecule has 2 aromatic rings. The minimum Gasteiger partial charge on any atom is -0.370 e. The normalized spacial score (nSPS) is 10.5. The first-order chi connectivity index (χ1) is 9.13. The summed E-state index contributed by atoms with van der Waals surface area (Å²) in [7, 11) is 0. The van der Waals surface area contributed by atoms with Gasteiger partial charge < -0.3 is 5.32 Å². The van der Waals surface area contributed by atoms with Crippen LogP contribution in [0.1, 0.15) is 24.6 Å². The van der Waals surface area contributed by atoms with Crippen LogP contribution in [0.2, 0.25) is 5.02 Å². The lowest BCUT2D eigenvalue weighted by Gasteiger charge is -2.12. The number of aryl methyl sites for hydroxylation is 1. The molecule has 3 nitrogen and oxygen atoms in total. The second-order valence-electron chi connectivity index (χ2n) is 4.51. The van der Waals surface area contributed by atoms with Crippen molar-refractivity contribution in [2.45, 2.75) is 27.2 Å². The van der Waals surface area contributed by atoms with Crippen molar-refractivity contribution in [1.29, 1.82) is 0 Å². The Morgan fingerprint density at radius 3 is 2.58 bits per heavy atom. The fraction of sp³-hybridized carbons (Fsp3) is 0.333. The highest BCUT2D eigenvalue weighted by Crippen LogP contribution is 2.27. The Morgan fingerprint density at radius 2 is 1.89 bits per heavy atom. The molecule has 0 saturated carbocycles. The molecular weight excluding hydrogens is 258 g/mol. The maximum absolute atomic E-state index is 6.21. The molecule has 100 valence electrons. The van der Waals surface area contributed by atoms with E-state index < -0.39 is 0 Å². The molecule has 1 N–H and O–H groups in total. The van der Waals surface area contributed by atoms with Gasteiger partial charge in [0.05, 0.1) is 5.02 Å². The van der Waals surface area contributed by atoms with Crippen molar-refractivity contribution in [3.05, 3.63) is 40.5 Å². The van der Waals surface area contributed by atoms with Gasteiger partial charge in [-0.3, -0.25) is 0 Å². The molecule has 0 fully saturated rings. The molecule has 0 unspecified atom stereocenters. The standard InChI is InChI=1S/C15H18ClN3/c1-4-9-17-14-10(2)11(3)18-15(19-14)12-7-5-6-8-13(12)16/h5-8H,4,9H2,1-3H3,(H,17,18,19). The minimum atomic E-state index is 0.673. The number of hydrogen-bond acceptors (Lipinski definition) is 3. The molecule has 0 radical (unpaired) electrons.